The van der Waals surface area contributed by atoms with Crippen molar-refractivity contribution in [3.05, 3.63) is 121 Å². The van der Waals surface area contributed by atoms with Crippen molar-refractivity contribution in [3.63, 3.8) is 0 Å². The van der Waals surface area contributed by atoms with Crippen LogP contribution in [0.3, 0.4) is 0 Å². The Labute approximate surface area is 237 Å². The summed E-state index contributed by atoms with van der Waals surface area (Å²) in [6.07, 6.45) is 3.67. The maximum Gasteiger partial charge on any atom is 2.00 e. The summed E-state index contributed by atoms with van der Waals surface area (Å²) in [7, 11) is 0. The predicted molar refractivity (Wildman–Crippen MR) is 151 cm³/mol. The van der Waals surface area contributed by atoms with E-state index in [4.69, 9.17) is 4.74 Å². The van der Waals surface area contributed by atoms with Crippen LogP contribution in [0.5, 0.6) is 11.5 Å². The Hall–Kier alpha value is -3.81. The van der Waals surface area contributed by atoms with Crippen molar-refractivity contribution in [1.29, 1.82) is 0 Å². The minimum atomic E-state index is 0. The second kappa shape index (κ2) is 10.5. The molecule has 188 valence electrons. The fourth-order valence-electron chi connectivity index (χ4n) is 4.57. The molecular weight excluding hydrogens is 647 g/mol. The van der Waals surface area contributed by atoms with Gasteiger partial charge in [0.05, 0.1) is 5.75 Å². The van der Waals surface area contributed by atoms with E-state index < -0.39 is 0 Å². The average Bonchev–Trinajstić information content (AvgIpc) is 2.92. The zero-order chi connectivity index (χ0) is 25.4. The van der Waals surface area contributed by atoms with Crippen LogP contribution in [0.2, 0.25) is 0 Å². The van der Waals surface area contributed by atoms with Crippen molar-refractivity contribution in [2.75, 3.05) is 0 Å². The summed E-state index contributed by atoms with van der Waals surface area (Å²) in [5.41, 5.74) is 4.79. The number of fused-ring (bicyclic) bond motifs is 2. The van der Waals surface area contributed by atoms with Crippen LogP contribution < -0.4 is 4.74 Å². The number of nitrogens with zero attached hydrogens (tertiary/aromatic N) is 2. The van der Waals surface area contributed by atoms with E-state index in [-0.39, 0.29) is 26.5 Å². The van der Waals surface area contributed by atoms with E-state index in [1.165, 1.54) is 5.56 Å². The van der Waals surface area contributed by atoms with Gasteiger partial charge in [0, 0.05) is 18.1 Å². The third-order valence-electron chi connectivity index (χ3n) is 6.55. The fraction of sp³-hybridized carbons (Fsp3) is 0.118. The molecule has 0 aliphatic heterocycles. The van der Waals surface area contributed by atoms with Crippen molar-refractivity contribution in [2.24, 2.45) is 0 Å². The Morgan fingerprint density at radius 2 is 1.34 bits per heavy atom. The van der Waals surface area contributed by atoms with E-state index in [2.05, 4.69) is 85.3 Å². The first-order valence-electron chi connectivity index (χ1n) is 12.4. The molecule has 4 aromatic carbocycles. The van der Waals surface area contributed by atoms with Crippen molar-refractivity contribution in [1.82, 2.24) is 9.97 Å². The largest absolute Gasteiger partial charge is 2.00 e. The molecule has 0 bridgehead atoms. The molecule has 0 spiro atoms. The smallest absolute Gasteiger partial charge is 0.496 e. The summed E-state index contributed by atoms with van der Waals surface area (Å²) in [6.45, 7) is 6.62. The van der Waals surface area contributed by atoms with Crippen LogP contribution in [0.4, 0.5) is 0 Å². The van der Waals surface area contributed by atoms with Gasteiger partial charge in [-0.25, -0.2) is 0 Å². The van der Waals surface area contributed by atoms with Crippen LogP contribution in [0.1, 0.15) is 26.3 Å². The van der Waals surface area contributed by atoms with E-state index in [0.717, 1.165) is 44.1 Å². The first kappa shape index (κ1) is 25.8. The van der Waals surface area contributed by atoms with Crippen LogP contribution in [-0.2, 0) is 26.5 Å². The Morgan fingerprint density at radius 1 is 0.658 bits per heavy atom. The van der Waals surface area contributed by atoms with Crippen LogP contribution >= 0.6 is 0 Å². The number of benzene rings is 4. The standard InChI is InChI=1S/C34H26N2O.Pt/c1-34(2,3)26-15-17-36-32(21-26)25-18-23-10-5-7-13-29(23)33(20-25)37-27-19-24-11-4-6-12-28(24)30(22-27)31-14-8-9-16-35-31;/h4-19,21H,1-3H3;/q-2;+2. The van der Waals surface area contributed by atoms with Gasteiger partial charge in [0.2, 0.25) is 0 Å². The van der Waals surface area contributed by atoms with E-state index >= 15 is 0 Å². The third kappa shape index (κ3) is 5.12. The molecule has 0 N–H and O–H groups in total. The quantitative estimate of drug-likeness (QED) is 0.176. The molecule has 0 saturated carbocycles. The number of hydrogen-bond acceptors (Lipinski definition) is 3. The summed E-state index contributed by atoms with van der Waals surface area (Å²) in [4.78, 5) is 9.25. The zero-order valence-corrected chi connectivity index (χ0v) is 23.7. The Kier molecular flexibility index (Phi) is 7.14. The molecule has 0 saturated heterocycles. The molecule has 0 radical (unpaired) electrons. The number of rotatable bonds is 4. The number of pyridine rings is 2. The topological polar surface area (TPSA) is 35.0 Å². The van der Waals surface area contributed by atoms with Crippen LogP contribution in [0, 0.1) is 12.1 Å². The molecule has 0 aliphatic carbocycles. The van der Waals surface area contributed by atoms with Gasteiger partial charge in [-0.05, 0) is 34.5 Å². The van der Waals surface area contributed by atoms with Gasteiger partial charge in [0.1, 0.15) is 0 Å². The molecule has 0 amide bonds. The van der Waals surface area contributed by atoms with Gasteiger partial charge in [-0.2, -0.15) is 0 Å². The predicted octanol–water partition coefficient (Wildman–Crippen LogP) is 8.80. The van der Waals surface area contributed by atoms with Gasteiger partial charge < -0.3 is 14.7 Å². The molecule has 0 fully saturated rings. The van der Waals surface area contributed by atoms with Crippen LogP contribution in [0.25, 0.3) is 44.1 Å². The zero-order valence-electron chi connectivity index (χ0n) is 21.4. The molecule has 3 nitrogen and oxygen atoms in total. The first-order valence-corrected chi connectivity index (χ1v) is 12.4. The van der Waals surface area contributed by atoms with Gasteiger partial charge in [0.15, 0.2) is 0 Å². The molecule has 6 rings (SSSR count). The number of ether oxygens (including phenoxy) is 1. The van der Waals surface area contributed by atoms with Gasteiger partial charge in [0.25, 0.3) is 0 Å². The first-order chi connectivity index (χ1) is 18.0. The number of hydrogen-bond donors (Lipinski definition) is 0. The summed E-state index contributed by atoms with van der Waals surface area (Å²) in [6, 6.07) is 37.7. The summed E-state index contributed by atoms with van der Waals surface area (Å²) < 4.78 is 6.55. The molecule has 0 aliphatic rings. The van der Waals surface area contributed by atoms with Gasteiger partial charge in [-0.1, -0.05) is 127 Å². The monoisotopic (exact) mass is 673 g/mol. The fourth-order valence-corrected chi connectivity index (χ4v) is 4.57. The van der Waals surface area contributed by atoms with Crippen molar-refractivity contribution >= 4 is 21.5 Å². The summed E-state index contributed by atoms with van der Waals surface area (Å²) >= 11 is 0. The molecule has 2 heterocycles. The van der Waals surface area contributed by atoms with Gasteiger partial charge >= 0.3 is 21.1 Å². The minimum Gasteiger partial charge on any atom is -0.496 e. The molecule has 2 aromatic heterocycles. The van der Waals surface area contributed by atoms with Gasteiger partial charge in [-0.15, -0.1) is 17.2 Å². The van der Waals surface area contributed by atoms with Crippen molar-refractivity contribution in [3.8, 4) is 34.0 Å². The van der Waals surface area contributed by atoms with E-state index in [1.54, 1.807) is 6.20 Å². The van der Waals surface area contributed by atoms with E-state index in [1.807, 2.05) is 54.7 Å². The molecule has 6 aromatic rings. The van der Waals surface area contributed by atoms with Crippen LogP contribution in [0.15, 0.2) is 103 Å². The molecule has 0 unspecified atom stereocenters. The molecular formula is C34H26N2OPt. The summed E-state index contributed by atoms with van der Waals surface area (Å²) in [5.74, 6) is 1.27. The summed E-state index contributed by atoms with van der Waals surface area (Å²) in [5, 5.41) is 4.20. The van der Waals surface area contributed by atoms with E-state index in [9.17, 15) is 0 Å². The maximum atomic E-state index is 6.55. The second-order valence-corrected chi connectivity index (χ2v) is 10.2. The Balaban J connectivity index is 0.00000294. The van der Waals surface area contributed by atoms with Crippen LogP contribution in [-0.4, -0.2) is 9.97 Å². The molecule has 0 atom stereocenters. The van der Waals surface area contributed by atoms with Gasteiger partial charge in [-0.3, -0.25) is 0 Å². The second-order valence-electron chi connectivity index (χ2n) is 10.2. The Morgan fingerprint density at radius 3 is 2.08 bits per heavy atom. The SMILES string of the molecule is CC(C)(C)c1ccnc(-c2[c-]c(Oc3[c-]c(-c4ccccn4)c4ccccc4c3)c3ccccc3c2)c1.[Pt+2]. The molecule has 38 heavy (non-hydrogen) atoms. The van der Waals surface area contributed by atoms with Crippen molar-refractivity contribution < 1.29 is 25.8 Å². The number of aromatic nitrogens is 2. The normalized spacial score (nSPS) is 11.3. The van der Waals surface area contributed by atoms with Crippen molar-refractivity contribution in [2.45, 2.75) is 26.2 Å². The maximum absolute atomic E-state index is 6.55. The minimum absolute atomic E-state index is 0. The van der Waals surface area contributed by atoms with E-state index in [0.29, 0.717) is 11.5 Å². The molecule has 4 heteroatoms. The Bertz CT molecular complexity index is 1740. The average molecular weight is 674 g/mol. The third-order valence-corrected chi connectivity index (χ3v) is 6.55.